The zero-order valence-electron chi connectivity index (χ0n) is 13.3. The minimum atomic E-state index is 0.659. The molecular formula is C18H29N3. The van der Waals surface area contributed by atoms with Crippen LogP contribution in [0.5, 0.6) is 0 Å². The fraction of sp³-hybridized carbons (Fsp3) is 0.722. The highest BCUT2D eigenvalue weighted by atomic mass is 15.2. The number of piperazine rings is 1. The maximum atomic E-state index is 4.52. The molecule has 1 aromatic heterocycles. The Morgan fingerprint density at radius 2 is 2.10 bits per heavy atom. The van der Waals surface area contributed by atoms with Crippen LogP contribution < -0.4 is 5.32 Å². The van der Waals surface area contributed by atoms with Crippen molar-refractivity contribution in [2.45, 2.75) is 64.1 Å². The molecule has 1 saturated carbocycles. The second-order valence-corrected chi connectivity index (χ2v) is 6.73. The van der Waals surface area contributed by atoms with Crippen molar-refractivity contribution in [1.82, 2.24) is 15.2 Å². The SMILES string of the molecule is CCC1CNC(C2CCCCC2)CN1Cc1ccccn1. The van der Waals surface area contributed by atoms with E-state index in [1.54, 1.807) is 0 Å². The lowest BCUT2D eigenvalue weighted by atomic mass is 9.82. The van der Waals surface area contributed by atoms with E-state index in [2.05, 4.69) is 34.3 Å². The van der Waals surface area contributed by atoms with Gasteiger partial charge in [-0.15, -0.1) is 0 Å². The summed E-state index contributed by atoms with van der Waals surface area (Å²) in [5.41, 5.74) is 1.21. The largest absolute Gasteiger partial charge is 0.311 e. The first-order valence-corrected chi connectivity index (χ1v) is 8.74. The van der Waals surface area contributed by atoms with Crippen LogP contribution in [0.4, 0.5) is 0 Å². The maximum absolute atomic E-state index is 4.52. The maximum Gasteiger partial charge on any atom is 0.0544 e. The van der Waals surface area contributed by atoms with Crippen LogP contribution in [0, 0.1) is 5.92 Å². The highest BCUT2D eigenvalue weighted by Crippen LogP contribution is 2.29. The molecule has 2 unspecified atom stereocenters. The quantitative estimate of drug-likeness (QED) is 0.921. The van der Waals surface area contributed by atoms with Gasteiger partial charge in [-0.05, 0) is 37.3 Å². The summed E-state index contributed by atoms with van der Waals surface area (Å²) in [6, 6.07) is 7.61. The Labute approximate surface area is 129 Å². The third-order valence-electron chi connectivity index (χ3n) is 5.34. The molecule has 1 saturated heterocycles. The molecule has 3 heteroatoms. The number of pyridine rings is 1. The van der Waals surface area contributed by atoms with Crippen LogP contribution in [0.15, 0.2) is 24.4 Å². The van der Waals surface area contributed by atoms with E-state index in [-0.39, 0.29) is 0 Å². The minimum Gasteiger partial charge on any atom is -0.311 e. The first kappa shape index (κ1) is 15.0. The Morgan fingerprint density at radius 3 is 2.81 bits per heavy atom. The average Bonchev–Trinajstić information content (AvgIpc) is 2.56. The van der Waals surface area contributed by atoms with Gasteiger partial charge in [0.15, 0.2) is 0 Å². The van der Waals surface area contributed by atoms with E-state index in [0.717, 1.165) is 19.0 Å². The summed E-state index contributed by atoms with van der Waals surface area (Å²) in [5, 5.41) is 3.84. The van der Waals surface area contributed by atoms with Crippen LogP contribution in [0.25, 0.3) is 0 Å². The normalized spacial score (nSPS) is 28.6. The monoisotopic (exact) mass is 287 g/mol. The van der Waals surface area contributed by atoms with E-state index in [1.807, 2.05) is 12.3 Å². The Balaban J connectivity index is 1.64. The zero-order valence-corrected chi connectivity index (χ0v) is 13.3. The summed E-state index contributed by atoms with van der Waals surface area (Å²) in [7, 11) is 0. The van der Waals surface area contributed by atoms with Crippen molar-refractivity contribution in [2.75, 3.05) is 13.1 Å². The van der Waals surface area contributed by atoms with Crippen molar-refractivity contribution in [3.8, 4) is 0 Å². The molecule has 0 spiro atoms. The minimum absolute atomic E-state index is 0.659. The van der Waals surface area contributed by atoms with Crippen molar-refractivity contribution < 1.29 is 0 Å². The molecule has 0 amide bonds. The van der Waals surface area contributed by atoms with E-state index in [1.165, 1.54) is 50.8 Å². The van der Waals surface area contributed by atoms with Crippen molar-refractivity contribution in [3.63, 3.8) is 0 Å². The van der Waals surface area contributed by atoms with Gasteiger partial charge in [0.1, 0.15) is 0 Å². The second-order valence-electron chi connectivity index (χ2n) is 6.73. The topological polar surface area (TPSA) is 28.2 Å². The molecule has 1 aliphatic heterocycles. The van der Waals surface area contributed by atoms with Crippen molar-refractivity contribution >= 4 is 0 Å². The van der Waals surface area contributed by atoms with Gasteiger partial charge < -0.3 is 5.32 Å². The molecule has 2 heterocycles. The Kier molecular flexibility index (Phi) is 5.26. The highest BCUT2D eigenvalue weighted by molar-refractivity contribution is 5.04. The van der Waals surface area contributed by atoms with Gasteiger partial charge in [0.2, 0.25) is 0 Å². The van der Waals surface area contributed by atoms with Crippen LogP contribution >= 0.6 is 0 Å². The smallest absolute Gasteiger partial charge is 0.0544 e. The molecule has 0 bridgehead atoms. The van der Waals surface area contributed by atoms with Gasteiger partial charge >= 0.3 is 0 Å². The fourth-order valence-corrected chi connectivity index (χ4v) is 4.03. The van der Waals surface area contributed by atoms with E-state index < -0.39 is 0 Å². The van der Waals surface area contributed by atoms with Gasteiger partial charge in [-0.3, -0.25) is 9.88 Å². The van der Waals surface area contributed by atoms with Crippen LogP contribution in [0.3, 0.4) is 0 Å². The van der Waals surface area contributed by atoms with Gasteiger partial charge in [-0.25, -0.2) is 0 Å². The Morgan fingerprint density at radius 1 is 1.24 bits per heavy atom. The number of aromatic nitrogens is 1. The molecule has 0 aromatic carbocycles. The third kappa shape index (κ3) is 3.83. The van der Waals surface area contributed by atoms with Gasteiger partial charge in [0, 0.05) is 37.9 Å². The number of hydrogen-bond donors (Lipinski definition) is 1. The van der Waals surface area contributed by atoms with Gasteiger partial charge in [-0.1, -0.05) is 32.3 Å². The Bertz CT molecular complexity index is 414. The number of rotatable bonds is 4. The fourth-order valence-electron chi connectivity index (χ4n) is 4.03. The molecular weight excluding hydrogens is 258 g/mol. The van der Waals surface area contributed by atoms with Crippen LogP contribution in [-0.4, -0.2) is 35.1 Å². The number of nitrogens with zero attached hydrogens (tertiary/aromatic N) is 2. The van der Waals surface area contributed by atoms with E-state index in [0.29, 0.717) is 12.1 Å². The molecule has 1 N–H and O–H groups in total. The molecule has 1 aromatic rings. The zero-order chi connectivity index (χ0) is 14.5. The lowest BCUT2D eigenvalue weighted by molar-refractivity contribution is 0.0863. The first-order valence-electron chi connectivity index (χ1n) is 8.74. The van der Waals surface area contributed by atoms with Gasteiger partial charge in [0.05, 0.1) is 5.69 Å². The third-order valence-corrected chi connectivity index (χ3v) is 5.34. The number of nitrogens with one attached hydrogen (secondary N) is 1. The second kappa shape index (κ2) is 7.37. The first-order chi connectivity index (χ1) is 10.4. The number of hydrogen-bond acceptors (Lipinski definition) is 3. The van der Waals surface area contributed by atoms with Gasteiger partial charge in [0.25, 0.3) is 0 Å². The summed E-state index contributed by atoms with van der Waals surface area (Å²) in [4.78, 5) is 7.18. The molecule has 1 aliphatic carbocycles. The summed E-state index contributed by atoms with van der Waals surface area (Å²) in [6.45, 7) is 5.65. The van der Waals surface area contributed by atoms with Crippen LogP contribution in [0.2, 0.25) is 0 Å². The summed E-state index contributed by atoms with van der Waals surface area (Å²) < 4.78 is 0. The molecule has 3 nitrogen and oxygen atoms in total. The van der Waals surface area contributed by atoms with E-state index in [9.17, 15) is 0 Å². The van der Waals surface area contributed by atoms with Gasteiger partial charge in [-0.2, -0.15) is 0 Å². The molecule has 2 aliphatic rings. The molecule has 2 fully saturated rings. The highest BCUT2D eigenvalue weighted by Gasteiger charge is 2.32. The van der Waals surface area contributed by atoms with E-state index in [4.69, 9.17) is 0 Å². The van der Waals surface area contributed by atoms with Crippen LogP contribution in [-0.2, 0) is 6.54 Å². The summed E-state index contributed by atoms with van der Waals surface area (Å²) >= 11 is 0. The lowest BCUT2D eigenvalue weighted by Gasteiger charge is -2.43. The molecule has 0 radical (unpaired) electrons. The van der Waals surface area contributed by atoms with E-state index >= 15 is 0 Å². The molecule has 3 rings (SSSR count). The predicted octanol–water partition coefficient (Wildman–Crippen LogP) is 3.21. The standard InChI is InChI=1S/C18H29N3/c1-2-17-12-20-18(15-8-4-3-5-9-15)14-21(17)13-16-10-6-7-11-19-16/h6-7,10-11,15,17-18,20H,2-5,8-9,12-14H2,1H3. The predicted molar refractivity (Wildman–Crippen MR) is 87.1 cm³/mol. The Hall–Kier alpha value is -0.930. The van der Waals surface area contributed by atoms with Crippen molar-refractivity contribution in [1.29, 1.82) is 0 Å². The molecule has 21 heavy (non-hydrogen) atoms. The lowest BCUT2D eigenvalue weighted by Crippen LogP contribution is -2.58. The average molecular weight is 287 g/mol. The van der Waals surface area contributed by atoms with Crippen molar-refractivity contribution in [3.05, 3.63) is 30.1 Å². The summed E-state index contributed by atoms with van der Waals surface area (Å²) in [6.07, 6.45) is 10.3. The van der Waals surface area contributed by atoms with Crippen molar-refractivity contribution in [2.24, 2.45) is 5.92 Å². The molecule has 116 valence electrons. The molecule has 2 atom stereocenters. The van der Waals surface area contributed by atoms with Crippen LogP contribution in [0.1, 0.15) is 51.1 Å². The summed E-state index contributed by atoms with van der Waals surface area (Å²) in [5.74, 6) is 0.891.